The van der Waals surface area contributed by atoms with Gasteiger partial charge in [0.1, 0.15) is 0 Å². The van der Waals surface area contributed by atoms with Crippen molar-refractivity contribution < 1.29 is 0 Å². The minimum atomic E-state index is 1.09. The van der Waals surface area contributed by atoms with E-state index in [1.807, 2.05) is 19.9 Å². The summed E-state index contributed by atoms with van der Waals surface area (Å²) < 4.78 is 0. The molecule has 0 heteroatoms. The average Bonchev–Trinajstić information content (AvgIpc) is 2.16. The Kier molecular flexibility index (Phi) is 11.7. The largest absolute Gasteiger partial charge is 0.0991 e. The third-order valence-electron chi connectivity index (χ3n) is 1.64. The maximum Gasteiger partial charge on any atom is -0.0305 e. The molecule has 0 atom stereocenters. The fourth-order valence-corrected chi connectivity index (χ4v) is 0.856. The highest BCUT2D eigenvalue weighted by atomic mass is 14.0. The Morgan fingerprint density at radius 1 is 1.33 bits per heavy atom. The molecule has 0 aromatic carbocycles. The first-order chi connectivity index (χ1) is 5.76. The van der Waals surface area contributed by atoms with Crippen LogP contribution in [0, 0.1) is 0 Å². The third kappa shape index (κ3) is 5.96. The molecule has 0 heterocycles. The van der Waals surface area contributed by atoms with Gasteiger partial charge in [-0.15, -0.1) is 0 Å². The molecule has 0 aromatic heterocycles. The fraction of sp³-hybridized carbons (Fsp3) is 0.500. The lowest BCUT2D eigenvalue weighted by atomic mass is 10.1. The zero-order valence-corrected chi connectivity index (χ0v) is 9.15. The second-order valence-electron chi connectivity index (χ2n) is 2.25. The van der Waals surface area contributed by atoms with E-state index in [1.165, 1.54) is 11.1 Å². The quantitative estimate of drug-likeness (QED) is 0.541. The van der Waals surface area contributed by atoms with E-state index < -0.39 is 0 Å². The monoisotopic (exact) mass is 166 g/mol. The average molecular weight is 166 g/mol. The maximum absolute atomic E-state index is 3.66. The molecule has 0 aliphatic carbocycles. The maximum atomic E-state index is 3.66. The zero-order valence-electron chi connectivity index (χ0n) is 9.15. The number of allylic oxidation sites excluding steroid dienone is 5. The Morgan fingerprint density at radius 2 is 1.83 bits per heavy atom. The molecule has 70 valence electrons. The summed E-state index contributed by atoms with van der Waals surface area (Å²) >= 11 is 0. The van der Waals surface area contributed by atoms with Crippen LogP contribution in [0.3, 0.4) is 0 Å². The number of rotatable bonds is 3. The van der Waals surface area contributed by atoms with E-state index in [1.54, 1.807) is 0 Å². The molecule has 0 aromatic rings. The van der Waals surface area contributed by atoms with E-state index in [9.17, 15) is 0 Å². The van der Waals surface area contributed by atoms with Gasteiger partial charge < -0.3 is 0 Å². The number of hydrogen-bond donors (Lipinski definition) is 0. The van der Waals surface area contributed by atoms with Gasteiger partial charge in [-0.3, -0.25) is 0 Å². The summed E-state index contributed by atoms with van der Waals surface area (Å²) in [4.78, 5) is 0. The molecule has 0 nitrogen and oxygen atoms in total. The van der Waals surface area contributed by atoms with Gasteiger partial charge in [0.15, 0.2) is 0 Å². The van der Waals surface area contributed by atoms with Crippen LogP contribution < -0.4 is 0 Å². The second kappa shape index (κ2) is 10.2. The SMILES string of the molecule is C=C/C=C(CC)\C(C)=C/C.CC. The predicted octanol–water partition coefficient (Wildman–Crippen LogP) is 4.50. The van der Waals surface area contributed by atoms with Gasteiger partial charge in [-0.05, 0) is 25.8 Å². The molecule has 0 aliphatic rings. The molecular formula is C12H22. The van der Waals surface area contributed by atoms with E-state index in [4.69, 9.17) is 0 Å². The third-order valence-corrected chi connectivity index (χ3v) is 1.64. The zero-order chi connectivity index (χ0) is 9.98. The van der Waals surface area contributed by atoms with Crippen LogP contribution in [0.1, 0.15) is 41.0 Å². The van der Waals surface area contributed by atoms with Crippen molar-refractivity contribution in [3.8, 4) is 0 Å². The molecule has 0 amide bonds. The summed E-state index contributed by atoms with van der Waals surface area (Å²) in [6.45, 7) is 14.0. The fourth-order valence-electron chi connectivity index (χ4n) is 0.856. The Bertz CT molecular complexity index is 159. The first-order valence-electron chi connectivity index (χ1n) is 4.71. The standard InChI is InChI=1S/C10H16.C2H6/c1-5-8-10(7-3)9(4)6-2;1-2/h5-6,8H,1,7H2,2-4H3;1-2H3/b9-6-,10-8-;. The highest BCUT2D eigenvalue weighted by molar-refractivity contribution is 5.30. The van der Waals surface area contributed by atoms with Crippen LogP contribution in [0.15, 0.2) is 36.0 Å². The van der Waals surface area contributed by atoms with Crippen molar-refractivity contribution in [3.63, 3.8) is 0 Å². The van der Waals surface area contributed by atoms with Crippen molar-refractivity contribution >= 4 is 0 Å². The molecule has 0 unspecified atom stereocenters. The number of hydrogen-bond acceptors (Lipinski definition) is 0. The van der Waals surface area contributed by atoms with Gasteiger partial charge in [0.25, 0.3) is 0 Å². The lowest BCUT2D eigenvalue weighted by molar-refractivity contribution is 1.10. The van der Waals surface area contributed by atoms with E-state index >= 15 is 0 Å². The van der Waals surface area contributed by atoms with Crippen LogP contribution >= 0.6 is 0 Å². The first-order valence-corrected chi connectivity index (χ1v) is 4.71. The lowest BCUT2D eigenvalue weighted by Gasteiger charge is -2.01. The molecular weight excluding hydrogens is 144 g/mol. The smallest absolute Gasteiger partial charge is 0.0305 e. The van der Waals surface area contributed by atoms with Crippen molar-refractivity contribution in [2.24, 2.45) is 0 Å². The Labute approximate surface area is 77.7 Å². The van der Waals surface area contributed by atoms with Crippen molar-refractivity contribution in [1.82, 2.24) is 0 Å². The second-order valence-corrected chi connectivity index (χ2v) is 2.25. The predicted molar refractivity (Wildman–Crippen MR) is 59.4 cm³/mol. The lowest BCUT2D eigenvalue weighted by Crippen LogP contribution is -1.81. The Balaban J connectivity index is 0. The van der Waals surface area contributed by atoms with Gasteiger partial charge in [0.05, 0.1) is 0 Å². The van der Waals surface area contributed by atoms with E-state index in [2.05, 4.69) is 39.5 Å². The van der Waals surface area contributed by atoms with Crippen molar-refractivity contribution in [2.45, 2.75) is 41.0 Å². The van der Waals surface area contributed by atoms with Crippen molar-refractivity contribution in [1.29, 1.82) is 0 Å². The van der Waals surface area contributed by atoms with Gasteiger partial charge in [0.2, 0.25) is 0 Å². The van der Waals surface area contributed by atoms with Crippen LogP contribution in [-0.2, 0) is 0 Å². The molecule has 0 radical (unpaired) electrons. The Hall–Kier alpha value is -0.780. The topological polar surface area (TPSA) is 0 Å². The highest BCUT2D eigenvalue weighted by Gasteiger charge is 1.91. The van der Waals surface area contributed by atoms with E-state index in [0.717, 1.165) is 6.42 Å². The molecule has 0 fully saturated rings. The minimum Gasteiger partial charge on any atom is -0.0991 e. The van der Waals surface area contributed by atoms with E-state index in [0.29, 0.717) is 0 Å². The van der Waals surface area contributed by atoms with Gasteiger partial charge >= 0.3 is 0 Å². The molecule has 0 rings (SSSR count). The van der Waals surface area contributed by atoms with Crippen LogP contribution in [0.2, 0.25) is 0 Å². The van der Waals surface area contributed by atoms with Crippen LogP contribution in [0.4, 0.5) is 0 Å². The summed E-state index contributed by atoms with van der Waals surface area (Å²) in [5, 5.41) is 0. The van der Waals surface area contributed by atoms with Gasteiger partial charge in [0, 0.05) is 0 Å². The molecule has 0 aliphatic heterocycles. The summed E-state index contributed by atoms with van der Waals surface area (Å²) in [5.41, 5.74) is 2.72. The van der Waals surface area contributed by atoms with E-state index in [-0.39, 0.29) is 0 Å². The van der Waals surface area contributed by atoms with Crippen LogP contribution in [0.25, 0.3) is 0 Å². The van der Waals surface area contributed by atoms with Crippen molar-refractivity contribution in [3.05, 3.63) is 36.0 Å². The molecule has 12 heavy (non-hydrogen) atoms. The normalized spacial score (nSPS) is 11.8. The first kappa shape index (κ1) is 13.8. The molecule has 0 saturated heterocycles. The van der Waals surface area contributed by atoms with Gasteiger partial charge in [-0.25, -0.2) is 0 Å². The van der Waals surface area contributed by atoms with Crippen molar-refractivity contribution in [2.75, 3.05) is 0 Å². The molecule has 0 N–H and O–H groups in total. The minimum absolute atomic E-state index is 1.09. The molecule has 0 saturated carbocycles. The molecule has 0 bridgehead atoms. The van der Waals surface area contributed by atoms with Crippen LogP contribution in [-0.4, -0.2) is 0 Å². The summed E-state index contributed by atoms with van der Waals surface area (Å²) in [6.07, 6.45) is 7.11. The van der Waals surface area contributed by atoms with Crippen LogP contribution in [0.5, 0.6) is 0 Å². The molecule has 0 spiro atoms. The summed E-state index contributed by atoms with van der Waals surface area (Å²) in [6, 6.07) is 0. The van der Waals surface area contributed by atoms with Gasteiger partial charge in [-0.2, -0.15) is 0 Å². The summed E-state index contributed by atoms with van der Waals surface area (Å²) in [5.74, 6) is 0. The Morgan fingerprint density at radius 3 is 2.08 bits per heavy atom. The summed E-state index contributed by atoms with van der Waals surface area (Å²) in [7, 11) is 0. The highest BCUT2D eigenvalue weighted by Crippen LogP contribution is 2.12. The van der Waals surface area contributed by atoms with Gasteiger partial charge in [-0.1, -0.05) is 51.2 Å².